The second kappa shape index (κ2) is 12.9. The first-order chi connectivity index (χ1) is 14.8. The van der Waals surface area contributed by atoms with E-state index in [1.54, 1.807) is 0 Å². The van der Waals surface area contributed by atoms with Crippen LogP contribution < -0.4 is 16.0 Å². The van der Waals surface area contributed by atoms with Gasteiger partial charge >= 0.3 is 0 Å². The van der Waals surface area contributed by atoms with Gasteiger partial charge in [0.25, 0.3) is 0 Å². The summed E-state index contributed by atoms with van der Waals surface area (Å²) in [6.45, 7) is 8.09. The molecule has 6 heteroatoms. The number of nitrogens with one attached hydrogen (secondary N) is 3. The van der Waals surface area contributed by atoms with E-state index in [1.165, 1.54) is 5.56 Å². The summed E-state index contributed by atoms with van der Waals surface area (Å²) < 4.78 is 0. The molecule has 1 aromatic carbocycles. The molecule has 0 radical (unpaired) electrons. The zero-order chi connectivity index (χ0) is 20.9. The number of aliphatic imine (C=N–C) groups is 1. The molecule has 30 heavy (non-hydrogen) atoms. The van der Waals surface area contributed by atoms with Crippen LogP contribution >= 0.6 is 0 Å². The molecule has 3 N–H and O–H groups in total. The number of hydrogen-bond donors (Lipinski definition) is 3. The number of aromatic nitrogens is 1. The lowest BCUT2D eigenvalue weighted by Gasteiger charge is -2.33. The number of rotatable bonds is 10. The summed E-state index contributed by atoms with van der Waals surface area (Å²) in [7, 11) is 0. The Labute approximate surface area is 181 Å². The van der Waals surface area contributed by atoms with Crippen LogP contribution in [0.15, 0.2) is 59.7 Å². The van der Waals surface area contributed by atoms with Gasteiger partial charge in [0.15, 0.2) is 5.96 Å². The highest BCUT2D eigenvalue weighted by Crippen LogP contribution is 2.13. The van der Waals surface area contributed by atoms with Crippen LogP contribution in [0.1, 0.15) is 38.2 Å². The molecule has 1 aromatic heterocycles. The van der Waals surface area contributed by atoms with E-state index in [4.69, 9.17) is 4.99 Å². The largest absolute Gasteiger partial charge is 0.370 e. The van der Waals surface area contributed by atoms with E-state index < -0.39 is 0 Å². The molecule has 1 aliphatic rings. The third-order valence-corrected chi connectivity index (χ3v) is 5.35. The van der Waals surface area contributed by atoms with E-state index in [2.05, 4.69) is 63.1 Å². The SMILES string of the molecule is CCNC(=NCCCCNc1ccccn1)NC1CCN(Cc2ccccc2)CC1. The van der Waals surface area contributed by atoms with Crippen molar-refractivity contribution in [3.05, 3.63) is 60.3 Å². The standard InChI is InChI=1S/C24H36N6/c1-2-25-24(28-17-9-8-16-27-23-12-6-7-15-26-23)29-22-13-18-30(19-14-22)20-21-10-4-3-5-11-21/h3-7,10-12,15,22H,2,8-9,13-14,16-20H2,1H3,(H,26,27)(H2,25,28,29). The molecule has 0 bridgehead atoms. The highest BCUT2D eigenvalue weighted by molar-refractivity contribution is 5.80. The fourth-order valence-electron chi connectivity index (χ4n) is 3.70. The van der Waals surface area contributed by atoms with Crippen molar-refractivity contribution < 1.29 is 0 Å². The molecule has 0 unspecified atom stereocenters. The number of piperidine rings is 1. The van der Waals surface area contributed by atoms with Crippen molar-refractivity contribution in [1.29, 1.82) is 0 Å². The first-order valence-electron chi connectivity index (χ1n) is 11.3. The molecule has 0 spiro atoms. The summed E-state index contributed by atoms with van der Waals surface area (Å²) in [5, 5.41) is 10.4. The van der Waals surface area contributed by atoms with Gasteiger partial charge in [-0.1, -0.05) is 36.4 Å². The lowest BCUT2D eigenvalue weighted by Crippen LogP contribution is -2.48. The van der Waals surface area contributed by atoms with Crippen LogP contribution in [-0.4, -0.2) is 54.6 Å². The number of guanidine groups is 1. The van der Waals surface area contributed by atoms with Crippen LogP contribution in [0.5, 0.6) is 0 Å². The molecule has 2 aromatic rings. The van der Waals surface area contributed by atoms with Gasteiger partial charge in [0.2, 0.25) is 0 Å². The number of nitrogens with zero attached hydrogens (tertiary/aromatic N) is 3. The number of anilines is 1. The van der Waals surface area contributed by atoms with Crippen molar-refractivity contribution in [3.8, 4) is 0 Å². The van der Waals surface area contributed by atoms with Gasteiger partial charge in [-0.15, -0.1) is 0 Å². The van der Waals surface area contributed by atoms with Crippen molar-refractivity contribution in [2.75, 3.05) is 38.0 Å². The third kappa shape index (κ3) is 8.03. The molecule has 0 amide bonds. The van der Waals surface area contributed by atoms with Crippen molar-refractivity contribution in [2.24, 2.45) is 4.99 Å². The fraction of sp³-hybridized carbons (Fsp3) is 0.500. The smallest absolute Gasteiger partial charge is 0.191 e. The molecule has 1 saturated heterocycles. The molecular weight excluding hydrogens is 372 g/mol. The Morgan fingerprint density at radius 1 is 1.07 bits per heavy atom. The van der Waals surface area contributed by atoms with E-state index in [0.29, 0.717) is 6.04 Å². The summed E-state index contributed by atoms with van der Waals surface area (Å²) in [4.78, 5) is 11.6. The number of pyridine rings is 1. The van der Waals surface area contributed by atoms with E-state index in [-0.39, 0.29) is 0 Å². The van der Waals surface area contributed by atoms with Crippen LogP contribution in [0.2, 0.25) is 0 Å². The molecule has 162 valence electrons. The minimum absolute atomic E-state index is 0.501. The zero-order valence-corrected chi connectivity index (χ0v) is 18.2. The molecule has 1 aliphatic heterocycles. The van der Waals surface area contributed by atoms with Crippen LogP contribution in [0.3, 0.4) is 0 Å². The molecule has 0 atom stereocenters. The minimum atomic E-state index is 0.501. The van der Waals surface area contributed by atoms with Crippen LogP contribution in [0.25, 0.3) is 0 Å². The second-order valence-corrected chi connectivity index (χ2v) is 7.79. The Morgan fingerprint density at radius 3 is 2.60 bits per heavy atom. The lowest BCUT2D eigenvalue weighted by molar-refractivity contribution is 0.198. The summed E-state index contributed by atoms with van der Waals surface area (Å²) in [5.41, 5.74) is 1.40. The Hall–Kier alpha value is -2.60. The molecule has 0 aliphatic carbocycles. The number of hydrogen-bond acceptors (Lipinski definition) is 4. The molecule has 3 rings (SSSR count). The maximum absolute atomic E-state index is 4.78. The lowest BCUT2D eigenvalue weighted by atomic mass is 10.0. The van der Waals surface area contributed by atoms with Crippen molar-refractivity contribution in [2.45, 2.75) is 45.2 Å². The maximum Gasteiger partial charge on any atom is 0.191 e. The average Bonchev–Trinajstić information content (AvgIpc) is 2.79. The van der Waals surface area contributed by atoms with Gasteiger partial charge in [0.1, 0.15) is 5.82 Å². The molecule has 0 saturated carbocycles. The molecule has 6 nitrogen and oxygen atoms in total. The highest BCUT2D eigenvalue weighted by atomic mass is 15.2. The quantitative estimate of drug-likeness (QED) is 0.319. The summed E-state index contributed by atoms with van der Waals surface area (Å²) in [6.07, 6.45) is 6.27. The van der Waals surface area contributed by atoms with Gasteiger partial charge in [-0.2, -0.15) is 0 Å². The first-order valence-corrected chi connectivity index (χ1v) is 11.3. The Kier molecular flexibility index (Phi) is 9.47. The topological polar surface area (TPSA) is 64.6 Å². The molecule has 1 fully saturated rings. The monoisotopic (exact) mass is 408 g/mol. The van der Waals surface area contributed by atoms with E-state index in [0.717, 1.165) is 76.7 Å². The molecule has 2 heterocycles. The Balaban J connectivity index is 1.33. The van der Waals surface area contributed by atoms with Gasteiger partial charge in [-0.05, 0) is 50.3 Å². The van der Waals surface area contributed by atoms with Crippen molar-refractivity contribution in [3.63, 3.8) is 0 Å². The summed E-state index contributed by atoms with van der Waals surface area (Å²) >= 11 is 0. The Morgan fingerprint density at radius 2 is 1.87 bits per heavy atom. The summed E-state index contributed by atoms with van der Waals surface area (Å²) in [5.74, 6) is 1.89. The number of benzene rings is 1. The van der Waals surface area contributed by atoms with E-state index >= 15 is 0 Å². The second-order valence-electron chi connectivity index (χ2n) is 7.79. The van der Waals surface area contributed by atoms with Gasteiger partial charge < -0.3 is 16.0 Å². The van der Waals surface area contributed by atoms with E-state index in [9.17, 15) is 0 Å². The zero-order valence-electron chi connectivity index (χ0n) is 18.2. The average molecular weight is 409 g/mol. The third-order valence-electron chi connectivity index (χ3n) is 5.35. The van der Waals surface area contributed by atoms with Crippen LogP contribution in [0.4, 0.5) is 5.82 Å². The number of likely N-dealkylation sites (tertiary alicyclic amines) is 1. The van der Waals surface area contributed by atoms with Crippen LogP contribution in [-0.2, 0) is 6.54 Å². The Bertz CT molecular complexity index is 726. The van der Waals surface area contributed by atoms with Crippen molar-refractivity contribution >= 4 is 11.8 Å². The number of unbranched alkanes of at least 4 members (excludes halogenated alkanes) is 1. The normalized spacial score (nSPS) is 15.7. The highest BCUT2D eigenvalue weighted by Gasteiger charge is 2.19. The first kappa shape index (κ1) is 22.1. The van der Waals surface area contributed by atoms with Crippen LogP contribution in [0, 0.1) is 0 Å². The molecular formula is C24H36N6. The van der Waals surface area contributed by atoms with Crippen molar-refractivity contribution in [1.82, 2.24) is 20.5 Å². The fourth-order valence-corrected chi connectivity index (χ4v) is 3.70. The van der Waals surface area contributed by atoms with Gasteiger partial charge in [0, 0.05) is 51.5 Å². The summed E-state index contributed by atoms with van der Waals surface area (Å²) in [6, 6.07) is 17.2. The maximum atomic E-state index is 4.78. The predicted molar refractivity (Wildman–Crippen MR) is 126 cm³/mol. The van der Waals surface area contributed by atoms with Gasteiger partial charge in [-0.3, -0.25) is 9.89 Å². The van der Waals surface area contributed by atoms with Gasteiger partial charge in [0.05, 0.1) is 0 Å². The minimum Gasteiger partial charge on any atom is -0.370 e. The van der Waals surface area contributed by atoms with Gasteiger partial charge in [-0.25, -0.2) is 4.98 Å². The predicted octanol–water partition coefficient (Wildman–Crippen LogP) is 3.49. The van der Waals surface area contributed by atoms with E-state index in [1.807, 2.05) is 24.4 Å².